The van der Waals surface area contributed by atoms with Gasteiger partial charge in [0.15, 0.2) is 0 Å². The van der Waals surface area contributed by atoms with E-state index in [2.05, 4.69) is 18.8 Å². The lowest BCUT2D eigenvalue weighted by Crippen LogP contribution is -2.15. The number of carbonyl (C=O) groups is 1. The number of carboxylic acid groups (broad SMARTS) is 1. The Hall–Kier alpha value is -1.32. The fourth-order valence-corrected chi connectivity index (χ4v) is 2.00. The third-order valence-electron chi connectivity index (χ3n) is 2.66. The van der Waals surface area contributed by atoms with Crippen molar-refractivity contribution >= 4 is 5.97 Å². The monoisotopic (exact) mass is 224 g/mol. The van der Waals surface area contributed by atoms with E-state index in [9.17, 15) is 4.79 Å². The number of rotatable bonds is 6. The molecular formula is C12H20N2O2. The SMILES string of the molecule is CC(C)CC(CC(=O)O)Cc1nccn1C. The highest BCUT2D eigenvalue weighted by atomic mass is 16.4. The molecule has 1 N–H and O–H groups in total. The molecular weight excluding hydrogens is 204 g/mol. The van der Waals surface area contributed by atoms with Crippen molar-refractivity contribution in [3.8, 4) is 0 Å². The van der Waals surface area contributed by atoms with E-state index in [1.54, 1.807) is 6.20 Å². The number of nitrogens with zero attached hydrogens (tertiary/aromatic N) is 2. The lowest BCUT2D eigenvalue weighted by Gasteiger charge is -2.16. The van der Waals surface area contributed by atoms with E-state index in [0.717, 1.165) is 18.7 Å². The smallest absolute Gasteiger partial charge is 0.303 e. The highest BCUT2D eigenvalue weighted by Crippen LogP contribution is 2.19. The first-order valence-corrected chi connectivity index (χ1v) is 5.67. The first-order valence-electron chi connectivity index (χ1n) is 5.67. The summed E-state index contributed by atoms with van der Waals surface area (Å²) in [6.07, 6.45) is 5.54. The maximum atomic E-state index is 10.8. The second kappa shape index (κ2) is 5.68. The zero-order valence-corrected chi connectivity index (χ0v) is 10.2. The summed E-state index contributed by atoms with van der Waals surface area (Å²) in [4.78, 5) is 15.0. The summed E-state index contributed by atoms with van der Waals surface area (Å²) in [6.45, 7) is 4.24. The first kappa shape index (κ1) is 12.7. The van der Waals surface area contributed by atoms with Crippen LogP contribution in [0.1, 0.15) is 32.5 Å². The van der Waals surface area contributed by atoms with Crippen molar-refractivity contribution in [1.29, 1.82) is 0 Å². The molecule has 1 heterocycles. The molecule has 1 aromatic heterocycles. The van der Waals surface area contributed by atoms with Crippen LogP contribution in [0.25, 0.3) is 0 Å². The summed E-state index contributed by atoms with van der Waals surface area (Å²) < 4.78 is 1.95. The van der Waals surface area contributed by atoms with Gasteiger partial charge < -0.3 is 9.67 Å². The Morgan fingerprint density at radius 3 is 2.69 bits per heavy atom. The Kier molecular flexibility index (Phi) is 4.52. The molecule has 0 aliphatic heterocycles. The molecule has 0 bridgehead atoms. The topological polar surface area (TPSA) is 55.1 Å². The van der Waals surface area contributed by atoms with Crippen LogP contribution in [0.15, 0.2) is 12.4 Å². The minimum Gasteiger partial charge on any atom is -0.481 e. The van der Waals surface area contributed by atoms with Crippen LogP contribution in [0.4, 0.5) is 0 Å². The van der Waals surface area contributed by atoms with Gasteiger partial charge in [-0.3, -0.25) is 4.79 Å². The molecule has 1 rings (SSSR count). The van der Waals surface area contributed by atoms with Gasteiger partial charge in [-0.25, -0.2) is 4.98 Å². The van der Waals surface area contributed by atoms with Crippen molar-refractivity contribution in [2.75, 3.05) is 0 Å². The van der Waals surface area contributed by atoms with Crippen LogP contribution < -0.4 is 0 Å². The average molecular weight is 224 g/mol. The molecule has 0 aliphatic carbocycles. The van der Waals surface area contributed by atoms with Gasteiger partial charge in [0, 0.05) is 32.3 Å². The number of hydrogen-bond acceptors (Lipinski definition) is 2. The van der Waals surface area contributed by atoms with Crippen LogP contribution in [-0.2, 0) is 18.3 Å². The van der Waals surface area contributed by atoms with Gasteiger partial charge in [0.05, 0.1) is 0 Å². The van der Waals surface area contributed by atoms with Crippen LogP contribution in [0.2, 0.25) is 0 Å². The summed E-state index contributed by atoms with van der Waals surface area (Å²) in [5.74, 6) is 0.940. The molecule has 0 saturated heterocycles. The van der Waals surface area contributed by atoms with Crippen molar-refractivity contribution < 1.29 is 9.90 Å². The van der Waals surface area contributed by atoms with E-state index in [4.69, 9.17) is 5.11 Å². The van der Waals surface area contributed by atoms with Gasteiger partial charge in [-0.1, -0.05) is 13.8 Å². The molecule has 4 nitrogen and oxygen atoms in total. The minimum absolute atomic E-state index is 0.179. The van der Waals surface area contributed by atoms with Gasteiger partial charge in [0.2, 0.25) is 0 Å². The second-order valence-electron chi connectivity index (χ2n) is 4.75. The van der Waals surface area contributed by atoms with Crippen LogP contribution in [0.5, 0.6) is 0 Å². The Balaban J connectivity index is 2.62. The van der Waals surface area contributed by atoms with Gasteiger partial charge >= 0.3 is 5.97 Å². The van der Waals surface area contributed by atoms with Crippen LogP contribution in [0, 0.1) is 11.8 Å². The molecule has 1 aromatic rings. The number of hydrogen-bond donors (Lipinski definition) is 1. The molecule has 0 radical (unpaired) electrons. The van der Waals surface area contributed by atoms with Gasteiger partial charge in [0.25, 0.3) is 0 Å². The third kappa shape index (κ3) is 4.04. The van der Waals surface area contributed by atoms with E-state index in [-0.39, 0.29) is 12.3 Å². The van der Waals surface area contributed by atoms with Gasteiger partial charge in [-0.15, -0.1) is 0 Å². The predicted molar refractivity (Wildman–Crippen MR) is 62.1 cm³/mol. The van der Waals surface area contributed by atoms with E-state index in [0.29, 0.717) is 5.92 Å². The van der Waals surface area contributed by atoms with Gasteiger partial charge in [0.1, 0.15) is 5.82 Å². The summed E-state index contributed by atoms with van der Waals surface area (Å²) in [5.41, 5.74) is 0. The van der Waals surface area contributed by atoms with Crippen LogP contribution in [0.3, 0.4) is 0 Å². The molecule has 0 aromatic carbocycles. The first-order chi connectivity index (χ1) is 7.49. The van der Waals surface area contributed by atoms with Crippen LogP contribution >= 0.6 is 0 Å². The molecule has 16 heavy (non-hydrogen) atoms. The third-order valence-corrected chi connectivity index (χ3v) is 2.66. The largest absolute Gasteiger partial charge is 0.481 e. The number of imidazole rings is 1. The van der Waals surface area contributed by atoms with Gasteiger partial charge in [-0.2, -0.15) is 0 Å². The minimum atomic E-state index is -0.722. The normalized spacial score (nSPS) is 13.0. The Morgan fingerprint density at radius 2 is 2.25 bits per heavy atom. The highest BCUT2D eigenvalue weighted by molar-refractivity contribution is 5.67. The van der Waals surface area contributed by atoms with Crippen molar-refractivity contribution in [1.82, 2.24) is 9.55 Å². The maximum Gasteiger partial charge on any atom is 0.303 e. The molecule has 1 atom stereocenters. The number of aryl methyl sites for hydroxylation is 1. The Morgan fingerprint density at radius 1 is 1.56 bits per heavy atom. The molecule has 0 aliphatic rings. The fourth-order valence-electron chi connectivity index (χ4n) is 2.00. The van der Waals surface area contributed by atoms with E-state index in [1.807, 2.05) is 17.8 Å². The summed E-state index contributed by atoms with van der Waals surface area (Å²) in [6, 6.07) is 0. The number of aliphatic carboxylic acids is 1. The lowest BCUT2D eigenvalue weighted by atomic mass is 9.91. The molecule has 0 fully saturated rings. The van der Waals surface area contributed by atoms with Crippen molar-refractivity contribution in [3.05, 3.63) is 18.2 Å². The van der Waals surface area contributed by atoms with E-state index >= 15 is 0 Å². The highest BCUT2D eigenvalue weighted by Gasteiger charge is 2.17. The zero-order chi connectivity index (χ0) is 12.1. The van der Waals surface area contributed by atoms with E-state index in [1.165, 1.54) is 0 Å². The predicted octanol–water partition coefficient (Wildman–Crippen LogP) is 2.10. The molecule has 4 heteroatoms. The Labute approximate surface area is 96.3 Å². The number of carboxylic acids is 1. The maximum absolute atomic E-state index is 10.8. The van der Waals surface area contributed by atoms with Crippen molar-refractivity contribution in [2.45, 2.75) is 33.1 Å². The summed E-state index contributed by atoms with van der Waals surface area (Å²) in [5, 5.41) is 8.87. The van der Waals surface area contributed by atoms with Gasteiger partial charge in [-0.05, 0) is 18.3 Å². The zero-order valence-electron chi connectivity index (χ0n) is 10.2. The summed E-state index contributed by atoms with van der Waals surface area (Å²) >= 11 is 0. The quantitative estimate of drug-likeness (QED) is 0.805. The number of aromatic nitrogens is 2. The standard InChI is InChI=1S/C12H20N2O2/c1-9(2)6-10(8-12(15)16)7-11-13-4-5-14(11)3/h4-5,9-10H,6-8H2,1-3H3,(H,15,16). The second-order valence-corrected chi connectivity index (χ2v) is 4.75. The van der Waals surface area contributed by atoms with Crippen molar-refractivity contribution in [2.24, 2.45) is 18.9 Å². The van der Waals surface area contributed by atoms with E-state index < -0.39 is 5.97 Å². The molecule has 0 spiro atoms. The van der Waals surface area contributed by atoms with Crippen LogP contribution in [-0.4, -0.2) is 20.6 Å². The van der Waals surface area contributed by atoms with Crippen molar-refractivity contribution in [3.63, 3.8) is 0 Å². The summed E-state index contributed by atoms with van der Waals surface area (Å²) in [7, 11) is 1.94. The molecule has 0 amide bonds. The fraction of sp³-hybridized carbons (Fsp3) is 0.667. The lowest BCUT2D eigenvalue weighted by molar-refractivity contribution is -0.138. The Bertz CT molecular complexity index is 345. The molecule has 0 saturated carbocycles. The average Bonchev–Trinajstić information content (AvgIpc) is 2.49. The molecule has 1 unspecified atom stereocenters. The molecule has 90 valence electrons.